The highest BCUT2D eigenvalue weighted by Gasteiger charge is 2.19. The van der Waals surface area contributed by atoms with Gasteiger partial charge >= 0.3 is 0 Å². The highest BCUT2D eigenvalue weighted by molar-refractivity contribution is 5.80. The second kappa shape index (κ2) is 9.43. The molecule has 26 heavy (non-hydrogen) atoms. The molecule has 2 aliphatic heterocycles. The number of nitrogens with one attached hydrogen (secondary N) is 2. The number of aliphatic imine (C=N–C) groups is 1. The lowest BCUT2D eigenvalue weighted by atomic mass is 10.1. The summed E-state index contributed by atoms with van der Waals surface area (Å²) in [5.41, 5.74) is 2.55. The minimum Gasteiger partial charge on any atom is -0.364 e. The van der Waals surface area contributed by atoms with E-state index in [0.29, 0.717) is 6.04 Å². The van der Waals surface area contributed by atoms with Crippen molar-refractivity contribution in [3.05, 3.63) is 54.6 Å². The van der Waals surface area contributed by atoms with Crippen molar-refractivity contribution in [2.24, 2.45) is 4.99 Å². The molecule has 140 valence electrons. The smallest absolute Gasteiger partial charge is 0.191 e. The first kappa shape index (κ1) is 18.5. The third kappa shape index (κ3) is 5.11. The monoisotopic (exact) mass is 353 g/mol. The first-order valence-corrected chi connectivity index (χ1v) is 9.58. The van der Waals surface area contributed by atoms with Crippen molar-refractivity contribution in [3.63, 3.8) is 0 Å². The molecule has 0 unspecified atom stereocenters. The molecule has 1 aromatic carbocycles. The zero-order valence-electron chi connectivity index (χ0n) is 15.8. The van der Waals surface area contributed by atoms with Gasteiger partial charge in [-0.25, -0.2) is 0 Å². The molecule has 5 heteroatoms. The normalized spacial score (nSPS) is 19.0. The van der Waals surface area contributed by atoms with Crippen LogP contribution in [0.3, 0.4) is 0 Å². The van der Waals surface area contributed by atoms with Crippen LogP contribution in [0.1, 0.15) is 18.4 Å². The van der Waals surface area contributed by atoms with Gasteiger partial charge in [0.05, 0.1) is 0 Å². The van der Waals surface area contributed by atoms with Gasteiger partial charge in [-0.15, -0.1) is 6.58 Å². The SMILES string of the molecule is C=CCN1CCC(NC(=NC)NCc2ccc(N3CC=CC3)cc2)CC1. The molecule has 3 rings (SSSR count). The molecule has 2 heterocycles. The van der Waals surface area contributed by atoms with Crippen molar-refractivity contribution in [2.45, 2.75) is 25.4 Å². The summed E-state index contributed by atoms with van der Waals surface area (Å²) in [7, 11) is 1.84. The standard InChI is InChI=1S/C21H31N5/c1-3-12-25-15-10-19(11-16-25)24-21(22-2)23-17-18-6-8-20(9-7-18)26-13-4-5-14-26/h3-9,19H,1,10-17H2,2H3,(H2,22,23,24). The van der Waals surface area contributed by atoms with E-state index < -0.39 is 0 Å². The second-order valence-corrected chi connectivity index (χ2v) is 6.98. The molecule has 0 spiro atoms. The first-order valence-electron chi connectivity index (χ1n) is 9.58. The summed E-state index contributed by atoms with van der Waals surface area (Å²) < 4.78 is 0. The van der Waals surface area contributed by atoms with Gasteiger partial charge in [0, 0.05) is 58.0 Å². The third-order valence-electron chi connectivity index (χ3n) is 5.12. The van der Waals surface area contributed by atoms with Crippen molar-refractivity contribution in [1.29, 1.82) is 0 Å². The second-order valence-electron chi connectivity index (χ2n) is 6.98. The van der Waals surface area contributed by atoms with E-state index in [0.717, 1.165) is 58.1 Å². The molecule has 0 atom stereocenters. The maximum atomic E-state index is 4.38. The van der Waals surface area contributed by atoms with E-state index >= 15 is 0 Å². The van der Waals surface area contributed by atoms with Crippen LogP contribution < -0.4 is 15.5 Å². The zero-order valence-corrected chi connectivity index (χ0v) is 15.8. The molecule has 2 aliphatic rings. The van der Waals surface area contributed by atoms with Crippen LogP contribution in [0.5, 0.6) is 0 Å². The number of rotatable bonds is 6. The Morgan fingerprint density at radius 1 is 1.19 bits per heavy atom. The summed E-state index contributed by atoms with van der Waals surface area (Å²) >= 11 is 0. The fraction of sp³-hybridized carbons (Fsp3) is 0.476. The van der Waals surface area contributed by atoms with Gasteiger partial charge in [0.15, 0.2) is 5.96 Å². The van der Waals surface area contributed by atoms with Crippen LogP contribution in [0, 0.1) is 0 Å². The van der Waals surface area contributed by atoms with Crippen molar-refractivity contribution < 1.29 is 0 Å². The van der Waals surface area contributed by atoms with E-state index in [2.05, 4.69) is 68.4 Å². The lowest BCUT2D eigenvalue weighted by Crippen LogP contribution is -2.48. The molecular weight excluding hydrogens is 322 g/mol. The Kier molecular flexibility index (Phi) is 6.72. The quantitative estimate of drug-likeness (QED) is 0.468. The summed E-state index contributed by atoms with van der Waals surface area (Å²) in [6.45, 7) is 9.86. The summed E-state index contributed by atoms with van der Waals surface area (Å²) in [6, 6.07) is 9.29. The number of likely N-dealkylation sites (tertiary alicyclic amines) is 1. The van der Waals surface area contributed by atoms with Crippen molar-refractivity contribution in [1.82, 2.24) is 15.5 Å². The van der Waals surface area contributed by atoms with E-state index in [-0.39, 0.29) is 0 Å². The van der Waals surface area contributed by atoms with Crippen LogP contribution >= 0.6 is 0 Å². The number of hydrogen-bond acceptors (Lipinski definition) is 3. The van der Waals surface area contributed by atoms with Crippen LogP contribution in [0.2, 0.25) is 0 Å². The highest BCUT2D eigenvalue weighted by Crippen LogP contribution is 2.17. The number of nitrogens with zero attached hydrogens (tertiary/aromatic N) is 3. The number of anilines is 1. The van der Waals surface area contributed by atoms with Crippen LogP contribution in [-0.4, -0.2) is 56.7 Å². The van der Waals surface area contributed by atoms with Crippen LogP contribution in [0.25, 0.3) is 0 Å². The van der Waals surface area contributed by atoms with E-state index in [1.807, 2.05) is 13.1 Å². The summed E-state index contributed by atoms with van der Waals surface area (Å²) in [6.07, 6.45) is 8.71. The molecule has 0 amide bonds. The van der Waals surface area contributed by atoms with Gasteiger partial charge in [0.25, 0.3) is 0 Å². The van der Waals surface area contributed by atoms with Gasteiger partial charge in [-0.3, -0.25) is 9.89 Å². The molecular formula is C21H31N5. The van der Waals surface area contributed by atoms with E-state index in [1.165, 1.54) is 11.3 Å². The number of benzene rings is 1. The van der Waals surface area contributed by atoms with Gasteiger partial charge in [-0.1, -0.05) is 30.4 Å². The van der Waals surface area contributed by atoms with Crippen molar-refractivity contribution in [2.75, 3.05) is 44.7 Å². The minimum absolute atomic E-state index is 0.493. The molecule has 0 bridgehead atoms. The van der Waals surface area contributed by atoms with Gasteiger partial charge in [-0.2, -0.15) is 0 Å². The van der Waals surface area contributed by atoms with Gasteiger partial charge < -0.3 is 15.5 Å². The van der Waals surface area contributed by atoms with Crippen molar-refractivity contribution >= 4 is 11.6 Å². The number of guanidine groups is 1. The van der Waals surface area contributed by atoms with Gasteiger partial charge in [0.2, 0.25) is 0 Å². The maximum Gasteiger partial charge on any atom is 0.191 e. The highest BCUT2D eigenvalue weighted by atomic mass is 15.2. The van der Waals surface area contributed by atoms with Gasteiger partial charge in [-0.05, 0) is 30.5 Å². The average molecular weight is 354 g/mol. The van der Waals surface area contributed by atoms with Crippen LogP contribution in [-0.2, 0) is 6.54 Å². The predicted octanol–water partition coefficient (Wildman–Crippen LogP) is 2.38. The van der Waals surface area contributed by atoms with Gasteiger partial charge in [0.1, 0.15) is 0 Å². The Morgan fingerprint density at radius 3 is 2.50 bits per heavy atom. The Morgan fingerprint density at radius 2 is 1.88 bits per heavy atom. The Labute approximate surface area is 157 Å². The fourth-order valence-corrected chi connectivity index (χ4v) is 3.53. The summed E-state index contributed by atoms with van der Waals surface area (Å²) in [5, 5.41) is 7.01. The fourth-order valence-electron chi connectivity index (χ4n) is 3.53. The van der Waals surface area contributed by atoms with Crippen LogP contribution in [0.4, 0.5) is 5.69 Å². The third-order valence-corrected chi connectivity index (χ3v) is 5.12. The largest absolute Gasteiger partial charge is 0.364 e. The molecule has 1 saturated heterocycles. The lowest BCUT2D eigenvalue weighted by Gasteiger charge is -2.32. The van der Waals surface area contributed by atoms with E-state index in [4.69, 9.17) is 0 Å². The van der Waals surface area contributed by atoms with Crippen LogP contribution in [0.15, 0.2) is 54.1 Å². The van der Waals surface area contributed by atoms with E-state index in [1.54, 1.807) is 0 Å². The number of hydrogen-bond donors (Lipinski definition) is 2. The summed E-state index contributed by atoms with van der Waals surface area (Å²) in [4.78, 5) is 9.18. The minimum atomic E-state index is 0.493. The van der Waals surface area contributed by atoms with E-state index in [9.17, 15) is 0 Å². The molecule has 0 aromatic heterocycles. The molecule has 0 radical (unpaired) electrons. The summed E-state index contributed by atoms with van der Waals surface area (Å²) in [5.74, 6) is 0.889. The maximum absolute atomic E-state index is 4.38. The zero-order chi connectivity index (χ0) is 18.2. The Bertz CT molecular complexity index is 618. The molecule has 5 nitrogen and oxygen atoms in total. The van der Waals surface area contributed by atoms with Crippen molar-refractivity contribution in [3.8, 4) is 0 Å². The Balaban J connectivity index is 1.43. The molecule has 2 N–H and O–H groups in total. The topological polar surface area (TPSA) is 42.9 Å². The first-order chi connectivity index (χ1) is 12.8. The number of piperidine rings is 1. The lowest BCUT2D eigenvalue weighted by molar-refractivity contribution is 0.225. The average Bonchev–Trinajstić information content (AvgIpc) is 3.22. The molecule has 0 saturated carbocycles. The predicted molar refractivity (Wildman–Crippen MR) is 111 cm³/mol. The molecule has 0 aliphatic carbocycles. The molecule has 1 aromatic rings. The molecule has 1 fully saturated rings. The Hall–Kier alpha value is -2.27.